The van der Waals surface area contributed by atoms with E-state index in [1.54, 1.807) is 13.8 Å². The second kappa shape index (κ2) is 3.72. The highest BCUT2D eigenvalue weighted by molar-refractivity contribution is 7.19. The summed E-state index contributed by atoms with van der Waals surface area (Å²) in [5, 5.41) is 0.491. The molecule has 1 aliphatic heterocycles. The number of hydrogen-bond donors (Lipinski definition) is 0. The van der Waals surface area contributed by atoms with Crippen LogP contribution in [-0.2, 0) is 9.53 Å². The summed E-state index contributed by atoms with van der Waals surface area (Å²) in [5.74, 6) is -0.0474. The van der Waals surface area contributed by atoms with Crippen molar-refractivity contribution >= 4 is 46.4 Å². The Balaban J connectivity index is 2.48. The van der Waals surface area contributed by atoms with Crippen LogP contribution in [0.15, 0.2) is 4.99 Å². The quantitative estimate of drug-likeness (QED) is 0.738. The van der Waals surface area contributed by atoms with Gasteiger partial charge < -0.3 is 4.74 Å². The summed E-state index contributed by atoms with van der Waals surface area (Å²) in [6.07, 6.45) is 0. The number of ether oxygens (including phenoxy) is 1. The van der Waals surface area contributed by atoms with Gasteiger partial charge in [0.2, 0.25) is 5.90 Å². The number of hydrogen-bond acceptors (Lipinski definition) is 4. The fraction of sp³-hybridized carbons (Fsp3) is 0.400. The predicted molar refractivity (Wildman–Crippen MR) is 65.8 cm³/mol. The zero-order chi connectivity index (χ0) is 12.1. The molecule has 16 heavy (non-hydrogen) atoms. The number of esters is 1. The van der Waals surface area contributed by atoms with Crippen molar-refractivity contribution < 1.29 is 9.53 Å². The molecule has 0 atom stereocenters. The molecule has 0 N–H and O–H groups in total. The highest BCUT2D eigenvalue weighted by atomic mass is 35.5. The van der Waals surface area contributed by atoms with Crippen molar-refractivity contribution in [2.24, 2.45) is 4.99 Å². The van der Waals surface area contributed by atoms with E-state index >= 15 is 0 Å². The smallest absolute Gasteiger partial charge is 0.340 e. The van der Waals surface area contributed by atoms with Gasteiger partial charge in [0, 0.05) is 0 Å². The van der Waals surface area contributed by atoms with E-state index in [0.717, 1.165) is 5.56 Å². The normalized spacial score (nSPS) is 18.6. The van der Waals surface area contributed by atoms with Crippen LogP contribution in [0.3, 0.4) is 0 Å². The van der Waals surface area contributed by atoms with E-state index in [9.17, 15) is 4.79 Å². The summed E-state index contributed by atoms with van der Waals surface area (Å²) in [7, 11) is 0. The van der Waals surface area contributed by atoms with Gasteiger partial charge in [-0.1, -0.05) is 23.2 Å². The van der Waals surface area contributed by atoms with Crippen molar-refractivity contribution in [3.63, 3.8) is 0 Å². The van der Waals surface area contributed by atoms with Gasteiger partial charge in [-0.3, -0.25) is 0 Å². The third-order valence-electron chi connectivity index (χ3n) is 2.30. The maximum Gasteiger partial charge on any atom is 0.340 e. The first-order valence-corrected chi connectivity index (χ1v) is 6.17. The van der Waals surface area contributed by atoms with E-state index < -0.39 is 5.54 Å². The summed E-state index contributed by atoms with van der Waals surface area (Å²) in [6, 6.07) is 0. The van der Waals surface area contributed by atoms with Gasteiger partial charge in [0.05, 0.1) is 9.90 Å². The highest BCUT2D eigenvalue weighted by Gasteiger charge is 2.38. The van der Waals surface area contributed by atoms with E-state index in [1.165, 1.54) is 11.3 Å². The Bertz CT molecular complexity index is 505. The third-order valence-corrected chi connectivity index (χ3v) is 4.47. The van der Waals surface area contributed by atoms with Gasteiger partial charge in [0.25, 0.3) is 0 Å². The first-order valence-electron chi connectivity index (χ1n) is 4.60. The predicted octanol–water partition coefficient (Wildman–Crippen LogP) is 3.45. The van der Waals surface area contributed by atoms with E-state index in [1.807, 2.05) is 6.92 Å². The highest BCUT2D eigenvalue weighted by Crippen LogP contribution is 2.38. The molecular formula is C10H9Cl2NO2S. The summed E-state index contributed by atoms with van der Waals surface area (Å²) >= 11 is 13.1. The topological polar surface area (TPSA) is 38.7 Å². The molecule has 0 bridgehead atoms. The Hall–Kier alpha value is -0.580. The molecule has 0 fully saturated rings. The van der Waals surface area contributed by atoms with Crippen molar-refractivity contribution in [3.05, 3.63) is 19.8 Å². The lowest BCUT2D eigenvalue weighted by Crippen LogP contribution is -2.25. The minimum absolute atomic E-state index is 0.311. The van der Waals surface area contributed by atoms with E-state index in [0.29, 0.717) is 20.1 Å². The molecule has 0 aliphatic carbocycles. The van der Waals surface area contributed by atoms with Gasteiger partial charge in [-0.05, 0) is 26.3 Å². The number of carbonyl (C=O) groups excluding carboxylic acids is 1. The minimum Gasteiger partial charge on any atom is -0.404 e. The van der Waals surface area contributed by atoms with Crippen LogP contribution >= 0.6 is 34.5 Å². The van der Waals surface area contributed by atoms with Crippen molar-refractivity contribution in [1.82, 2.24) is 0 Å². The first kappa shape index (κ1) is 11.9. The molecule has 0 saturated heterocycles. The number of aliphatic imine (C=N–C) groups is 1. The van der Waals surface area contributed by atoms with Crippen LogP contribution in [0.1, 0.15) is 24.3 Å². The summed E-state index contributed by atoms with van der Waals surface area (Å²) in [5.41, 5.74) is -0.0361. The third kappa shape index (κ3) is 1.75. The van der Waals surface area contributed by atoms with Gasteiger partial charge in [0.15, 0.2) is 5.54 Å². The number of cyclic esters (lactones) is 1. The second-order valence-corrected chi connectivity index (χ2v) is 6.01. The fourth-order valence-electron chi connectivity index (χ4n) is 1.29. The maximum atomic E-state index is 11.5. The van der Waals surface area contributed by atoms with Gasteiger partial charge in [-0.25, -0.2) is 9.79 Å². The molecule has 3 nitrogen and oxygen atoms in total. The molecule has 0 unspecified atom stereocenters. The number of rotatable bonds is 1. The molecule has 0 spiro atoms. The van der Waals surface area contributed by atoms with Crippen LogP contribution < -0.4 is 0 Å². The van der Waals surface area contributed by atoms with Crippen molar-refractivity contribution in [2.45, 2.75) is 26.3 Å². The van der Waals surface area contributed by atoms with Gasteiger partial charge in [-0.2, -0.15) is 0 Å². The zero-order valence-electron chi connectivity index (χ0n) is 8.93. The van der Waals surface area contributed by atoms with Crippen LogP contribution in [0.25, 0.3) is 0 Å². The molecule has 6 heteroatoms. The van der Waals surface area contributed by atoms with Crippen LogP contribution in [0, 0.1) is 6.92 Å². The van der Waals surface area contributed by atoms with Crippen LogP contribution in [0.5, 0.6) is 0 Å². The molecule has 1 aromatic rings. The Labute approximate surface area is 107 Å². The number of nitrogens with zero attached hydrogens (tertiary/aromatic N) is 1. The van der Waals surface area contributed by atoms with E-state index in [-0.39, 0.29) is 5.97 Å². The first-order chi connectivity index (χ1) is 7.33. The van der Waals surface area contributed by atoms with E-state index in [4.69, 9.17) is 27.9 Å². The molecule has 2 heterocycles. The molecule has 0 amide bonds. The maximum absolute atomic E-state index is 11.5. The second-order valence-electron chi connectivity index (χ2n) is 4.01. The molecule has 1 aliphatic rings. The lowest BCUT2D eigenvalue weighted by Gasteiger charge is -2.05. The minimum atomic E-state index is -0.829. The monoisotopic (exact) mass is 277 g/mol. The van der Waals surface area contributed by atoms with Crippen LogP contribution in [-0.4, -0.2) is 17.4 Å². The fourth-order valence-corrected chi connectivity index (χ4v) is 2.79. The number of carbonyl (C=O) groups is 1. The molecular weight excluding hydrogens is 269 g/mol. The zero-order valence-corrected chi connectivity index (χ0v) is 11.3. The van der Waals surface area contributed by atoms with E-state index in [2.05, 4.69) is 4.99 Å². The number of halogens is 2. The number of thiophene rings is 1. The largest absolute Gasteiger partial charge is 0.404 e. The van der Waals surface area contributed by atoms with Gasteiger partial charge in [-0.15, -0.1) is 11.3 Å². The van der Waals surface area contributed by atoms with Crippen LogP contribution in [0.4, 0.5) is 0 Å². The average Bonchev–Trinajstić information content (AvgIpc) is 2.59. The molecule has 1 aromatic heterocycles. The standard InChI is InChI=1S/C10H9Cl2NO2S/c1-4-5(11)7(12)16-6(4)8-13-10(2,3)9(14)15-8/h1-3H3. The molecule has 0 saturated carbocycles. The molecule has 0 radical (unpaired) electrons. The lowest BCUT2D eigenvalue weighted by molar-refractivity contribution is -0.137. The van der Waals surface area contributed by atoms with Crippen molar-refractivity contribution in [1.29, 1.82) is 0 Å². The Morgan fingerprint density at radius 1 is 1.38 bits per heavy atom. The Morgan fingerprint density at radius 3 is 2.38 bits per heavy atom. The van der Waals surface area contributed by atoms with Gasteiger partial charge >= 0.3 is 5.97 Å². The van der Waals surface area contributed by atoms with Crippen molar-refractivity contribution in [2.75, 3.05) is 0 Å². The summed E-state index contributed by atoms with van der Waals surface area (Å²) in [4.78, 5) is 16.4. The molecule has 0 aromatic carbocycles. The Kier molecular flexibility index (Phi) is 2.77. The molecule has 2 rings (SSSR count). The summed E-state index contributed by atoms with van der Waals surface area (Å²) in [6.45, 7) is 5.23. The lowest BCUT2D eigenvalue weighted by atomic mass is 10.1. The SMILES string of the molecule is Cc1c(C2=NC(C)(C)C(=O)O2)sc(Cl)c1Cl. The van der Waals surface area contributed by atoms with Crippen molar-refractivity contribution in [3.8, 4) is 0 Å². The average molecular weight is 278 g/mol. The van der Waals surface area contributed by atoms with Crippen LogP contribution in [0.2, 0.25) is 9.36 Å². The Morgan fingerprint density at radius 2 is 2.00 bits per heavy atom. The van der Waals surface area contributed by atoms with Gasteiger partial charge in [0.1, 0.15) is 4.34 Å². The molecule has 86 valence electrons. The summed E-state index contributed by atoms with van der Waals surface area (Å²) < 4.78 is 5.60.